The zero-order valence-electron chi connectivity index (χ0n) is 10.5. The van der Waals surface area contributed by atoms with Crippen LogP contribution in [0.1, 0.15) is 26.3 Å². The molecule has 0 aliphatic carbocycles. The minimum atomic E-state index is -0.707. The SMILES string of the molecule is CCOC(=S)C(C)(C)C(=O)Cc1ccccc1. The number of carbonyl (C=O) groups excluding carboxylic acids is 1. The smallest absolute Gasteiger partial charge is 0.172 e. The Labute approximate surface area is 108 Å². The average molecular weight is 250 g/mol. The third-order valence-electron chi connectivity index (χ3n) is 2.69. The lowest BCUT2D eigenvalue weighted by Crippen LogP contribution is -2.35. The van der Waals surface area contributed by atoms with Gasteiger partial charge < -0.3 is 4.74 Å². The Morgan fingerprint density at radius 2 is 1.88 bits per heavy atom. The van der Waals surface area contributed by atoms with Crippen molar-refractivity contribution < 1.29 is 9.53 Å². The highest BCUT2D eigenvalue weighted by Crippen LogP contribution is 2.22. The first-order valence-corrected chi connectivity index (χ1v) is 6.13. The van der Waals surface area contributed by atoms with Crippen LogP contribution < -0.4 is 0 Å². The molecule has 0 amide bonds. The molecule has 0 N–H and O–H groups in total. The molecule has 1 aromatic rings. The van der Waals surface area contributed by atoms with Crippen LogP contribution in [0.5, 0.6) is 0 Å². The second kappa shape index (κ2) is 5.92. The topological polar surface area (TPSA) is 26.3 Å². The predicted molar refractivity (Wildman–Crippen MR) is 73.2 cm³/mol. The molecule has 0 saturated carbocycles. The van der Waals surface area contributed by atoms with Gasteiger partial charge in [-0.3, -0.25) is 4.79 Å². The van der Waals surface area contributed by atoms with Crippen LogP contribution >= 0.6 is 12.2 Å². The molecule has 0 bridgehead atoms. The number of rotatable bonds is 5. The number of Topliss-reactive ketones (excluding diaryl/α,β-unsaturated/α-hetero) is 1. The Morgan fingerprint density at radius 1 is 1.29 bits per heavy atom. The maximum atomic E-state index is 12.2. The number of hydrogen-bond acceptors (Lipinski definition) is 3. The molecule has 0 aromatic heterocycles. The summed E-state index contributed by atoms with van der Waals surface area (Å²) in [7, 11) is 0. The summed E-state index contributed by atoms with van der Waals surface area (Å²) in [5.41, 5.74) is 0.297. The van der Waals surface area contributed by atoms with E-state index in [1.165, 1.54) is 0 Å². The summed E-state index contributed by atoms with van der Waals surface area (Å²) < 4.78 is 5.28. The fourth-order valence-electron chi connectivity index (χ4n) is 1.43. The van der Waals surface area contributed by atoms with Crippen molar-refractivity contribution in [1.82, 2.24) is 0 Å². The van der Waals surface area contributed by atoms with Crippen molar-refractivity contribution in [3.8, 4) is 0 Å². The van der Waals surface area contributed by atoms with E-state index < -0.39 is 5.41 Å². The van der Waals surface area contributed by atoms with Gasteiger partial charge in [-0.15, -0.1) is 0 Å². The molecule has 1 aromatic carbocycles. The fraction of sp³-hybridized carbons (Fsp3) is 0.429. The third kappa shape index (κ3) is 3.63. The second-order valence-corrected chi connectivity index (χ2v) is 4.80. The molecule has 2 nitrogen and oxygen atoms in total. The summed E-state index contributed by atoms with van der Waals surface area (Å²) >= 11 is 5.14. The quantitative estimate of drug-likeness (QED) is 0.751. The van der Waals surface area contributed by atoms with E-state index in [0.717, 1.165) is 5.56 Å². The molecule has 0 spiro atoms. The number of hydrogen-bond donors (Lipinski definition) is 0. The molecule has 0 fully saturated rings. The Hall–Kier alpha value is -1.22. The van der Waals surface area contributed by atoms with Gasteiger partial charge in [0.05, 0.1) is 12.0 Å². The molecule has 1 rings (SSSR count). The summed E-state index contributed by atoms with van der Waals surface area (Å²) in [6.45, 7) is 6.00. The molecule has 17 heavy (non-hydrogen) atoms. The van der Waals surface area contributed by atoms with E-state index in [1.54, 1.807) is 0 Å². The van der Waals surface area contributed by atoms with Crippen molar-refractivity contribution in [3.05, 3.63) is 35.9 Å². The Kier molecular flexibility index (Phi) is 4.82. The van der Waals surface area contributed by atoms with Crippen LogP contribution in [-0.4, -0.2) is 17.4 Å². The van der Waals surface area contributed by atoms with Crippen molar-refractivity contribution >= 4 is 23.1 Å². The lowest BCUT2D eigenvalue weighted by atomic mass is 9.85. The molecule has 0 atom stereocenters. The van der Waals surface area contributed by atoms with Crippen molar-refractivity contribution in [2.45, 2.75) is 27.2 Å². The van der Waals surface area contributed by atoms with Crippen LogP contribution in [0, 0.1) is 5.41 Å². The average Bonchev–Trinajstić information content (AvgIpc) is 2.30. The number of benzene rings is 1. The lowest BCUT2D eigenvalue weighted by molar-refractivity contribution is -0.123. The molecule has 0 aliphatic rings. The summed E-state index contributed by atoms with van der Waals surface area (Å²) in [5.74, 6) is 0.0853. The molecule has 0 radical (unpaired) electrons. The van der Waals surface area contributed by atoms with Crippen molar-refractivity contribution in [1.29, 1.82) is 0 Å². The minimum absolute atomic E-state index is 0.0853. The summed E-state index contributed by atoms with van der Waals surface area (Å²) in [6.07, 6.45) is 0.390. The van der Waals surface area contributed by atoms with Gasteiger partial charge in [-0.1, -0.05) is 30.3 Å². The van der Waals surface area contributed by atoms with Gasteiger partial charge in [0.25, 0.3) is 0 Å². The van der Waals surface area contributed by atoms with Crippen LogP contribution in [0.25, 0.3) is 0 Å². The Bertz CT molecular complexity index is 396. The van der Waals surface area contributed by atoms with Crippen LogP contribution in [0.15, 0.2) is 30.3 Å². The number of thiocarbonyl (C=S) groups is 1. The van der Waals surface area contributed by atoms with Gasteiger partial charge in [-0.05, 0) is 38.6 Å². The molecule has 92 valence electrons. The van der Waals surface area contributed by atoms with Crippen LogP contribution in [0.2, 0.25) is 0 Å². The van der Waals surface area contributed by atoms with E-state index >= 15 is 0 Å². The number of ketones is 1. The van der Waals surface area contributed by atoms with Crippen LogP contribution in [0.4, 0.5) is 0 Å². The molecule has 0 saturated heterocycles. The van der Waals surface area contributed by atoms with Crippen molar-refractivity contribution in [2.24, 2.45) is 5.41 Å². The minimum Gasteiger partial charge on any atom is -0.486 e. The Morgan fingerprint density at radius 3 is 2.41 bits per heavy atom. The fourth-order valence-corrected chi connectivity index (χ4v) is 1.66. The van der Waals surface area contributed by atoms with Crippen LogP contribution in [0.3, 0.4) is 0 Å². The van der Waals surface area contributed by atoms with Gasteiger partial charge in [0, 0.05) is 6.42 Å². The zero-order valence-corrected chi connectivity index (χ0v) is 11.3. The van der Waals surface area contributed by atoms with E-state index in [9.17, 15) is 4.79 Å². The molecule has 0 unspecified atom stereocenters. The number of ether oxygens (including phenoxy) is 1. The van der Waals surface area contributed by atoms with E-state index in [0.29, 0.717) is 18.1 Å². The highest BCUT2D eigenvalue weighted by Gasteiger charge is 2.33. The molecule has 0 heterocycles. The molecular formula is C14H18O2S. The van der Waals surface area contributed by atoms with Gasteiger partial charge in [0.15, 0.2) is 10.8 Å². The highest BCUT2D eigenvalue weighted by atomic mass is 32.1. The largest absolute Gasteiger partial charge is 0.486 e. The maximum absolute atomic E-state index is 12.2. The summed E-state index contributed by atoms with van der Waals surface area (Å²) in [4.78, 5) is 12.2. The van der Waals surface area contributed by atoms with Gasteiger partial charge >= 0.3 is 0 Å². The summed E-state index contributed by atoms with van der Waals surface area (Å²) in [5, 5.41) is 0.376. The molecule has 0 aliphatic heterocycles. The first kappa shape index (κ1) is 13.8. The van der Waals surface area contributed by atoms with Crippen LogP contribution in [-0.2, 0) is 16.0 Å². The second-order valence-electron chi connectivity index (χ2n) is 4.43. The van der Waals surface area contributed by atoms with E-state index in [-0.39, 0.29) is 5.78 Å². The van der Waals surface area contributed by atoms with Crippen molar-refractivity contribution in [3.63, 3.8) is 0 Å². The highest BCUT2D eigenvalue weighted by molar-refractivity contribution is 7.80. The van der Waals surface area contributed by atoms with Gasteiger partial charge in [0.1, 0.15) is 0 Å². The van der Waals surface area contributed by atoms with E-state index in [2.05, 4.69) is 0 Å². The van der Waals surface area contributed by atoms with E-state index in [4.69, 9.17) is 17.0 Å². The van der Waals surface area contributed by atoms with Gasteiger partial charge in [-0.25, -0.2) is 0 Å². The predicted octanol–water partition coefficient (Wildman–Crippen LogP) is 3.19. The third-order valence-corrected chi connectivity index (χ3v) is 3.32. The monoisotopic (exact) mass is 250 g/mol. The molecule has 3 heteroatoms. The number of carbonyl (C=O) groups is 1. The summed E-state index contributed by atoms with van der Waals surface area (Å²) in [6, 6.07) is 9.67. The van der Waals surface area contributed by atoms with Gasteiger partial charge in [0.2, 0.25) is 0 Å². The standard InChI is InChI=1S/C14H18O2S/c1-4-16-13(17)14(2,3)12(15)10-11-8-6-5-7-9-11/h5-9H,4,10H2,1-3H3. The Balaban J connectivity index is 2.73. The van der Waals surface area contributed by atoms with E-state index in [1.807, 2.05) is 51.1 Å². The van der Waals surface area contributed by atoms with Crippen molar-refractivity contribution in [2.75, 3.05) is 6.61 Å². The zero-order chi connectivity index (χ0) is 12.9. The first-order valence-electron chi connectivity index (χ1n) is 5.73. The van der Waals surface area contributed by atoms with Gasteiger partial charge in [-0.2, -0.15) is 0 Å². The lowest BCUT2D eigenvalue weighted by Gasteiger charge is -2.23. The molecular weight excluding hydrogens is 232 g/mol. The normalized spacial score (nSPS) is 11.0. The maximum Gasteiger partial charge on any atom is 0.172 e. The first-order chi connectivity index (χ1) is 7.98.